The van der Waals surface area contributed by atoms with Crippen molar-refractivity contribution >= 4 is 43.6 Å². The summed E-state index contributed by atoms with van der Waals surface area (Å²) in [5.74, 6) is -0.168. The van der Waals surface area contributed by atoms with Crippen molar-refractivity contribution in [3.8, 4) is 11.1 Å². The van der Waals surface area contributed by atoms with Crippen LogP contribution in [0.2, 0.25) is 0 Å². The average Bonchev–Trinajstić information content (AvgIpc) is 3.24. The van der Waals surface area contributed by atoms with Crippen molar-refractivity contribution in [1.82, 2.24) is 9.71 Å². The van der Waals surface area contributed by atoms with Crippen molar-refractivity contribution in [2.45, 2.75) is 43.1 Å². The lowest BCUT2D eigenvalue weighted by molar-refractivity contribution is -0.117. The first-order chi connectivity index (χ1) is 16.9. The van der Waals surface area contributed by atoms with Crippen LogP contribution in [-0.2, 0) is 36.6 Å². The summed E-state index contributed by atoms with van der Waals surface area (Å²) in [7, 11) is -2.15. The summed E-state index contributed by atoms with van der Waals surface area (Å²) in [5.41, 5.74) is 3.43. The number of nitrogens with zero attached hydrogens (tertiary/aromatic N) is 2. The van der Waals surface area contributed by atoms with E-state index in [-0.39, 0.29) is 45.6 Å². The number of benzene rings is 2. The maximum atomic E-state index is 12.9. The summed E-state index contributed by atoms with van der Waals surface area (Å²) >= 11 is 0.697. The number of thiazole rings is 1. The minimum atomic E-state index is -3.76. The van der Waals surface area contributed by atoms with E-state index in [9.17, 15) is 13.2 Å². The van der Waals surface area contributed by atoms with Gasteiger partial charge in [-0.15, -0.1) is 0 Å². The van der Waals surface area contributed by atoms with Crippen LogP contribution in [0.3, 0.4) is 0 Å². The highest BCUT2D eigenvalue weighted by molar-refractivity contribution is 7.93. The maximum Gasteiger partial charge on any atom is 0.252 e. The molecule has 2 aromatic carbocycles. The number of carbonyl (C=O) groups is 1. The molecule has 1 N–H and O–H groups in total. The standard InChI is InChI=1S/C26H34N3O4S3/c1-19-24(36(31,32)27-16-17-33-35(6)26(2,3)4)34-25(28-19)29(5)23(30)18-20-12-14-22(15-13-20)21-10-8-7-9-11-21/h7-15,27H,16-18H2,1-6H3/q+1. The number of sulfonamides is 1. The van der Waals surface area contributed by atoms with Gasteiger partial charge in [0.1, 0.15) is 24.0 Å². The van der Waals surface area contributed by atoms with Crippen LogP contribution in [0.5, 0.6) is 0 Å². The van der Waals surface area contributed by atoms with Crippen LogP contribution in [0.25, 0.3) is 11.1 Å². The highest BCUT2D eigenvalue weighted by Gasteiger charge is 2.32. The molecule has 1 heterocycles. The van der Waals surface area contributed by atoms with E-state index in [1.165, 1.54) is 4.90 Å². The van der Waals surface area contributed by atoms with Crippen LogP contribution in [-0.4, -0.2) is 50.5 Å². The number of nitrogens with one attached hydrogen (secondary N) is 1. The van der Waals surface area contributed by atoms with E-state index in [1.54, 1.807) is 14.0 Å². The number of anilines is 1. The summed E-state index contributed by atoms with van der Waals surface area (Å²) in [6.07, 6.45) is 2.19. The average molecular weight is 549 g/mol. The van der Waals surface area contributed by atoms with Crippen molar-refractivity contribution in [2.24, 2.45) is 0 Å². The molecule has 0 aliphatic carbocycles. The van der Waals surface area contributed by atoms with Gasteiger partial charge in [-0.2, -0.15) is 4.18 Å². The molecule has 0 aliphatic rings. The second kappa shape index (κ2) is 11.9. The van der Waals surface area contributed by atoms with Crippen LogP contribution in [0, 0.1) is 6.92 Å². The van der Waals surface area contributed by atoms with Gasteiger partial charge in [-0.1, -0.05) is 65.9 Å². The molecule has 1 unspecified atom stereocenters. The summed E-state index contributed by atoms with van der Waals surface area (Å²) in [6, 6.07) is 17.9. The van der Waals surface area contributed by atoms with Gasteiger partial charge in [-0.25, -0.2) is 18.1 Å². The van der Waals surface area contributed by atoms with Crippen LogP contribution in [0.1, 0.15) is 32.0 Å². The molecule has 0 bridgehead atoms. The Kier molecular flexibility index (Phi) is 9.34. The lowest BCUT2D eigenvalue weighted by Crippen LogP contribution is -2.33. The molecule has 1 atom stereocenters. The zero-order valence-corrected chi connectivity index (χ0v) is 24.0. The van der Waals surface area contributed by atoms with Gasteiger partial charge in [0.15, 0.2) is 14.1 Å². The number of amides is 1. The number of hydrogen-bond donors (Lipinski definition) is 1. The lowest BCUT2D eigenvalue weighted by Gasteiger charge is -2.15. The Morgan fingerprint density at radius 2 is 1.69 bits per heavy atom. The van der Waals surface area contributed by atoms with E-state index in [1.807, 2.05) is 60.9 Å². The van der Waals surface area contributed by atoms with E-state index >= 15 is 0 Å². The zero-order valence-electron chi connectivity index (χ0n) is 21.6. The van der Waals surface area contributed by atoms with Gasteiger partial charge in [0.2, 0.25) is 5.91 Å². The smallest absolute Gasteiger partial charge is 0.252 e. The minimum Gasteiger partial charge on any atom is -0.291 e. The van der Waals surface area contributed by atoms with Gasteiger partial charge in [-0.05, 0) is 44.4 Å². The number of aromatic nitrogens is 1. The second-order valence-electron chi connectivity index (χ2n) is 9.35. The van der Waals surface area contributed by atoms with Crippen LogP contribution in [0.4, 0.5) is 5.13 Å². The zero-order chi connectivity index (χ0) is 26.5. The molecule has 0 radical (unpaired) electrons. The molecule has 194 valence electrons. The number of rotatable bonds is 10. The van der Waals surface area contributed by atoms with Crippen LogP contribution in [0.15, 0.2) is 58.8 Å². The largest absolute Gasteiger partial charge is 0.291 e. The van der Waals surface area contributed by atoms with Gasteiger partial charge < -0.3 is 0 Å². The predicted molar refractivity (Wildman–Crippen MR) is 150 cm³/mol. The van der Waals surface area contributed by atoms with E-state index < -0.39 is 10.0 Å². The Bertz CT molecular complexity index is 1270. The van der Waals surface area contributed by atoms with E-state index in [4.69, 9.17) is 4.18 Å². The van der Waals surface area contributed by atoms with Gasteiger partial charge in [-0.3, -0.25) is 9.69 Å². The molecule has 3 rings (SSSR count). The van der Waals surface area contributed by atoms with Crippen molar-refractivity contribution < 1.29 is 17.4 Å². The van der Waals surface area contributed by atoms with E-state index in [2.05, 4.69) is 30.5 Å². The van der Waals surface area contributed by atoms with Gasteiger partial charge >= 0.3 is 0 Å². The molecule has 1 aromatic heterocycles. The topological polar surface area (TPSA) is 88.6 Å². The molecule has 3 aromatic rings. The predicted octanol–water partition coefficient (Wildman–Crippen LogP) is 4.58. The van der Waals surface area contributed by atoms with Gasteiger partial charge in [0.25, 0.3) is 10.0 Å². The Morgan fingerprint density at radius 3 is 2.31 bits per heavy atom. The van der Waals surface area contributed by atoms with Gasteiger partial charge in [0.05, 0.1) is 12.1 Å². The molecular formula is C26H34N3O4S3+. The number of hydrogen-bond acceptors (Lipinski definition) is 6. The Labute approximate surface area is 221 Å². The highest BCUT2D eigenvalue weighted by atomic mass is 32.2. The molecule has 0 fully saturated rings. The fourth-order valence-electron chi connectivity index (χ4n) is 3.19. The monoisotopic (exact) mass is 548 g/mol. The Hall–Kier alpha value is -2.24. The Morgan fingerprint density at radius 1 is 1.08 bits per heavy atom. The number of aryl methyl sites for hydroxylation is 1. The molecule has 0 saturated heterocycles. The maximum absolute atomic E-state index is 12.9. The molecule has 36 heavy (non-hydrogen) atoms. The molecular weight excluding hydrogens is 515 g/mol. The minimum absolute atomic E-state index is 0.00307. The summed E-state index contributed by atoms with van der Waals surface area (Å²) in [4.78, 5) is 18.7. The third-order valence-corrected chi connectivity index (χ3v) is 11.1. The highest BCUT2D eigenvalue weighted by Crippen LogP contribution is 2.29. The first-order valence-electron chi connectivity index (χ1n) is 11.6. The third kappa shape index (κ3) is 7.39. The fraction of sp³-hybridized carbons (Fsp3) is 0.385. The van der Waals surface area contributed by atoms with Crippen molar-refractivity contribution in [3.05, 3.63) is 65.9 Å². The van der Waals surface area contributed by atoms with Crippen molar-refractivity contribution in [1.29, 1.82) is 0 Å². The van der Waals surface area contributed by atoms with Crippen molar-refractivity contribution in [3.63, 3.8) is 0 Å². The summed E-state index contributed by atoms with van der Waals surface area (Å²) in [6.45, 7) is 8.33. The first-order valence-corrected chi connectivity index (χ1v) is 15.4. The first kappa shape index (κ1) is 28.3. The third-order valence-electron chi connectivity index (χ3n) is 5.58. The van der Waals surface area contributed by atoms with Crippen LogP contribution < -0.4 is 9.62 Å². The molecule has 0 saturated carbocycles. The molecule has 1 amide bonds. The molecule has 0 spiro atoms. The van der Waals surface area contributed by atoms with E-state index in [0.717, 1.165) is 28.0 Å². The van der Waals surface area contributed by atoms with Crippen LogP contribution >= 0.6 is 11.3 Å². The second-order valence-corrected chi connectivity index (χ2v) is 14.7. The Balaban J connectivity index is 1.61. The summed E-state index contributed by atoms with van der Waals surface area (Å²) < 4.78 is 34.1. The normalized spacial score (nSPS) is 12.9. The SMILES string of the molecule is Cc1nc(N(C)C(=O)Cc2ccc(-c3ccccc3)cc2)sc1S(=O)(=O)NCCO[S+](C)C(C)(C)C. The number of likely N-dealkylation sites (N-methyl/N-ethyl adjacent to an activating group) is 1. The molecule has 10 heteroatoms. The van der Waals surface area contributed by atoms with Gasteiger partial charge in [0, 0.05) is 13.6 Å². The molecule has 7 nitrogen and oxygen atoms in total. The fourth-order valence-corrected chi connectivity index (χ4v) is 6.42. The lowest BCUT2D eigenvalue weighted by atomic mass is 10.0. The number of carbonyl (C=O) groups excluding carboxylic acids is 1. The summed E-state index contributed by atoms with van der Waals surface area (Å²) in [5, 5.41) is 0.345. The molecule has 0 aliphatic heterocycles. The quantitative estimate of drug-likeness (QED) is 0.296. The van der Waals surface area contributed by atoms with E-state index in [0.29, 0.717) is 10.8 Å². The van der Waals surface area contributed by atoms with Crippen molar-refractivity contribution in [2.75, 3.05) is 31.4 Å².